The van der Waals surface area contributed by atoms with Crippen LogP contribution in [0.4, 0.5) is 0 Å². The molecule has 1 aromatic carbocycles. The lowest BCUT2D eigenvalue weighted by molar-refractivity contribution is -0.605. The number of benzene rings is 1. The second kappa shape index (κ2) is 65.3. The van der Waals surface area contributed by atoms with Gasteiger partial charge in [0, 0.05) is 24.5 Å². The SMILES string of the molecule is CC(C)(C)C.CC(C)(C)c1ccccc1.CC(C)C.CC(C)C.CC(C)C.CC(C)C.CC(C)C.CC(C)C.CC(C)C.CC(C)C.[O-][n+]1ccccc1.c1ccncc1.c1ccoc1.c1ccsc1. The maximum Gasteiger partial charge on any atom is 0.180 e. The number of hydrogen-bond acceptors (Lipinski definition) is 4. The zero-order chi connectivity index (χ0) is 57.2. The van der Waals surface area contributed by atoms with Crippen molar-refractivity contribution < 1.29 is 9.15 Å². The molecule has 0 atom stereocenters. The second-order valence-corrected chi connectivity index (χ2v) is 25.1. The van der Waals surface area contributed by atoms with Crippen LogP contribution in [0.15, 0.2) is 143 Å². The van der Waals surface area contributed by atoms with Gasteiger partial charge in [0.05, 0.1) is 12.5 Å². The van der Waals surface area contributed by atoms with E-state index in [2.05, 4.69) is 254 Å². The summed E-state index contributed by atoms with van der Waals surface area (Å²) in [5.41, 5.74) is 2.19. The fourth-order valence-electron chi connectivity index (χ4n) is 2.09. The minimum atomic E-state index is 0.293. The number of thiophene rings is 1. The molecule has 0 aliphatic heterocycles. The molecule has 0 radical (unpaired) electrons. The van der Waals surface area contributed by atoms with Gasteiger partial charge in [-0.25, -0.2) is 0 Å². The monoisotopic (exact) mass is 997 g/mol. The van der Waals surface area contributed by atoms with E-state index in [1.54, 1.807) is 54.5 Å². The van der Waals surface area contributed by atoms with E-state index in [9.17, 15) is 5.21 Å². The molecule has 4 nitrogen and oxygen atoms in total. The summed E-state index contributed by atoms with van der Waals surface area (Å²) in [5.74, 6) is 6.67. The first kappa shape index (κ1) is 86.1. The average molecular weight is 998 g/mol. The van der Waals surface area contributed by atoms with Gasteiger partial charge in [-0.15, -0.1) is 0 Å². The first-order valence-electron chi connectivity index (χ1n) is 26.3. The number of aromatic nitrogens is 2. The van der Waals surface area contributed by atoms with Gasteiger partial charge in [-0.2, -0.15) is 16.1 Å². The molecule has 5 aromatic rings. The standard InChI is InChI=1S/C10H14.C5H5NO.C5H5N.C5H12.C4H4O.C4H4S.8C4H10/c1-10(2,3)9-7-5-4-6-8-9;7-6-4-2-1-3-5-6;1-2-4-6-5-3-1;1-5(2,3)4;2*1-2-4-5-3-1;8*1-4(2)3/h4-8H,1-3H3;1-5H;1-5H;1-4H3;2*1-4H;8*4H,1-3H3. The van der Waals surface area contributed by atoms with Crippen molar-refractivity contribution in [3.63, 3.8) is 0 Å². The van der Waals surface area contributed by atoms with Gasteiger partial charge in [0.2, 0.25) is 0 Å². The molecule has 5 rings (SSSR count). The Balaban J connectivity index is -0.0000000828. The molecule has 0 aliphatic carbocycles. The van der Waals surface area contributed by atoms with Crippen LogP contribution >= 0.6 is 11.3 Å². The molecule has 0 amide bonds. The first-order valence-corrected chi connectivity index (χ1v) is 27.3. The molecule has 0 saturated carbocycles. The van der Waals surface area contributed by atoms with Gasteiger partial charge in [-0.05, 0) is 98.8 Å². The Morgan fingerprint density at radius 2 is 0.629 bits per heavy atom. The van der Waals surface area contributed by atoms with Crippen molar-refractivity contribution in [1.82, 2.24) is 4.98 Å². The van der Waals surface area contributed by atoms with E-state index < -0.39 is 0 Å². The smallest absolute Gasteiger partial charge is 0.180 e. The third kappa shape index (κ3) is 219. The predicted octanol–water partition coefficient (Wildman–Crippen LogP) is 22.8. The topological polar surface area (TPSA) is 53.0 Å². The number of furan rings is 1. The van der Waals surface area contributed by atoms with E-state index in [-0.39, 0.29) is 0 Å². The van der Waals surface area contributed by atoms with Crippen molar-refractivity contribution in [2.24, 2.45) is 52.8 Å². The largest absolute Gasteiger partial charge is 0.619 e. The maximum atomic E-state index is 10.2. The van der Waals surface area contributed by atoms with Crippen molar-refractivity contribution in [2.45, 2.75) is 220 Å². The van der Waals surface area contributed by atoms with Crippen molar-refractivity contribution in [3.05, 3.63) is 150 Å². The number of rotatable bonds is 0. The van der Waals surface area contributed by atoms with Gasteiger partial charge in [0.15, 0.2) is 12.4 Å². The molecule has 0 aliphatic rings. The van der Waals surface area contributed by atoms with Crippen LogP contribution in [0.2, 0.25) is 0 Å². The molecule has 4 aromatic heterocycles. The highest BCUT2D eigenvalue weighted by Crippen LogP contribution is 2.20. The van der Waals surface area contributed by atoms with Crippen LogP contribution in [0.25, 0.3) is 0 Å². The molecule has 0 spiro atoms. The highest BCUT2D eigenvalue weighted by molar-refractivity contribution is 7.07. The maximum absolute atomic E-state index is 10.2. The minimum absolute atomic E-state index is 0.293. The Labute approximate surface area is 446 Å². The molecule has 0 unspecified atom stereocenters. The quantitative estimate of drug-likeness (QED) is 0.115. The van der Waals surface area contributed by atoms with Crippen LogP contribution in [0, 0.1) is 58.0 Å². The van der Waals surface area contributed by atoms with Gasteiger partial charge < -0.3 is 9.62 Å². The lowest BCUT2D eigenvalue weighted by Crippen LogP contribution is -2.22. The minimum Gasteiger partial charge on any atom is -0.619 e. The molecule has 0 saturated heterocycles. The highest BCUT2D eigenvalue weighted by Gasteiger charge is 2.11. The molecule has 70 heavy (non-hydrogen) atoms. The summed E-state index contributed by atoms with van der Waals surface area (Å²) in [5, 5.41) is 14.3. The molecule has 0 N–H and O–H groups in total. The number of hydrogen-bond donors (Lipinski definition) is 0. The van der Waals surface area contributed by atoms with E-state index in [0.29, 0.717) is 10.8 Å². The van der Waals surface area contributed by atoms with E-state index >= 15 is 0 Å². The molecule has 412 valence electrons. The summed E-state index contributed by atoms with van der Waals surface area (Å²) in [7, 11) is 0. The second-order valence-electron chi connectivity index (χ2n) is 24.3. The molecular formula is C65H124N2O2S. The zero-order valence-corrected chi connectivity index (χ0v) is 53.3. The Kier molecular flexibility index (Phi) is 80.3. The third-order valence-corrected chi connectivity index (χ3v) is 4.37. The Morgan fingerprint density at radius 1 is 0.386 bits per heavy atom. The van der Waals surface area contributed by atoms with Crippen molar-refractivity contribution in [2.75, 3.05) is 0 Å². The Morgan fingerprint density at radius 3 is 0.743 bits per heavy atom. The summed E-state index contributed by atoms with van der Waals surface area (Å²) in [4.78, 5) is 3.78. The third-order valence-electron chi connectivity index (χ3n) is 3.75. The molecule has 0 fully saturated rings. The van der Waals surface area contributed by atoms with Crippen LogP contribution in [-0.2, 0) is 5.41 Å². The fraction of sp³-hybridized carbons (Fsp3) is 0.631. The molecule has 5 heteroatoms. The van der Waals surface area contributed by atoms with E-state index in [1.165, 1.54) is 18.0 Å². The molecular weight excluding hydrogens is 873 g/mol. The van der Waals surface area contributed by atoms with Crippen LogP contribution in [0.5, 0.6) is 0 Å². The average Bonchev–Trinajstić information content (AvgIpc) is 3.95. The van der Waals surface area contributed by atoms with Crippen molar-refractivity contribution in [1.29, 1.82) is 0 Å². The van der Waals surface area contributed by atoms with Gasteiger partial charge in [-0.3, -0.25) is 4.98 Å². The van der Waals surface area contributed by atoms with Gasteiger partial charge in [0.25, 0.3) is 0 Å². The first-order chi connectivity index (χ1) is 31.9. The van der Waals surface area contributed by atoms with Gasteiger partial charge >= 0.3 is 0 Å². The van der Waals surface area contributed by atoms with E-state index in [4.69, 9.17) is 0 Å². The van der Waals surface area contributed by atoms with Crippen LogP contribution in [0.3, 0.4) is 0 Å². The predicted molar refractivity (Wildman–Crippen MR) is 327 cm³/mol. The Bertz CT molecular complexity index is 1260. The Hall–Kier alpha value is -3.70. The van der Waals surface area contributed by atoms with Crippen LogP contribution in [0.1, 0.15) is 220 Å². The number of nitrogens with zero attached hydrogens (tertiary/aromatic N) is 2. The van der Waals surface area contributed by atoms with Crippen LogP contribution in [-0.4, -0.2) is 4.98 Å². The van der Waals surface area contributed by atoms with Gasteiger partial charge in [-0.1, -0.05) is 269 Å². The molecule has 4 heterocycles. The summed E-state index contributed by atoms with van der Waals surface area (Å²) in [6.45, 7) is 67.4. The number of pyridine rings is 2. The summed E-state index contributed by atoms with van der Waals surface area (Å²) in [6.07, 6.45) is 9.64. The van der Waals surface area contributed by atoms with Crippen LogP contribution < -0.4 is 4.73 Å². The zero-order valence-electron chi connectivity index (χ0n) is 52.5. The van der Waals surface area contributed by atoms with Crippen molar-refractivity contribution >= 4 is 11.3 Å². The summed E-state index contributed by atoms with van der Waals surface area (Å²) >= 11 is 1.71. The lowest BCUT2D eigenvalue weighted by atomic mass is 9.87. The van der Waals surface area contributed by atoms with E-state index in [0.717, 1.165) is 52.1 Å². The lowest BCUT2D eigenvalue weighted by Gasteiger charge is -2.18. The van der Waals surface area contributed by atoms with Crippen molar-refractivity contribution in [3.8, 4) is 0 Å². The molecule has 0 bridgehead atoms. The highest BCUT2D eigenvalue weighted by atomic mass is 32.1. The van der Waals surface area contributed by atoms with Gasteiger partial charge in [0.1, 0.15) is 0 Å². The van der Waals surface area contributed by atoms with E-state index in [1.807, 2.05) is 53.2 Å². The fourth-order valence-corrected chi connectivity index (χ4v) is 2.54. The normalized spacial score (nSPS) is 9.30. The summed E-state index contributed by atoms with van der Waals surface area (Å²) in [6, 6.07) is 29.1. The summed E-state index contributed by atoms with van der Waals surface area (Å²) < 4.78 is 5.33.